The first-order valence-corrected chi connectivity index (χ1v) is 5.87. The second-order valence-corrected chi connectivity index (χ2v) is 4.26. The fraction of sp³-hybridized carbons (Fsp3) is 0.727. The second-order valence-electron chi connectivity index (χ2n) is 4.26. The Morgan fingerprint density at radius 1 is 1.12 bits per heavy atom. The molecule has 2 aliphatic heterocycles. The molecule has 2 fully saturated rings. The number of hydrogen-bond acceptors (Lipinski definition) is 5. The summed E-state index contributed by atoms with van der Waals surface area (Å²) in [6, 6.07) is 0. The summed E-state index contributed by atoms with van der Waals surface area (Å²) in [4.78, 5) is 37.7. The molecular weight excluding hydrogens is 224 g/mol. The van der Waals surface area contributed by atoms with E-state index in [0.717, 1.165) is 4.90 Å². The normalized spacial score (nSPS) is 22.9. The van der Waals surface area contributed by atoms with E-state index in [0.29, 0.717) is 45.6 Å². The molecule has 0 radical (unpaired) electrons. The lowest BCUT2D eigenvalue weighted by atomic mass is 10.1. The molecule has 0 saturated carbocycles. The summed E-state index contributed by atoms with van der Waals surface area (Å²) in [7, 11) is 0. The molecule has 0 aromatic carbocycles. The largest absolute Gasteiger partial charge is 0.379 e. The van der Waals surface area contributed by atoms with Crippen molar-refractivity contribution >= 4 is 17.7 Å². The van der Waals surface area contributed by atoms with Gasteiger partial charge in [-0.3, -0.25) is 19.3 Å². The Hall–Kier alpha value is -1.27. The molecule has 0 aliphatic carbocycles. The van der Waals surface area contributed by atoms with E-state index in [1.165, 1.54) is 0 Å². The van der Waals surface area contributed by atoms with E-state index in [1.807, 2.05) is 4.90 Å². The van der Waals surface area contributed by atoms with Crippen molar-refractivity contribution in [2.45, 2.75) is 19.3 Å². The SMILES string of the molecule is O=C1CCCC(=O)N1C(=O)CN1CCOCC1. The third-order valence-corrected chi connectivity index (χ3v) is 2.99. The molecule has 6 nitrogen and oxygen atoms in total. The highest BCUT2D eigenvalue weighted by molar-refractivity contribution is 6.12. The molecule has 2 heterocycles. The van der Waals surface area contributed by atoms with Crippen molar-refractivity contribution in [1.82, 2.24) is 9.80 Å². The number of hydrogen-bond donors (Lipinski definition) is 0. The number of likely N-dealkylation sites (tertiary alicyclic amines) is 1. The number of carbonyl (C=O) groups excluding carboxylic acids is 3. The van der Waals surface area contributed by atoms with Crippen molar-refractivity contribution in [3.8, 4) is 0 Å². The number of morpholine rings is 1. The van der Waals surface area contributed by atoms with E-state index in [9.17, 15) is 14.4 Å². The molecule has 0 spiro atoms. The molecule has 0 aromatic rings. The molecule has 17 heavy (non-hydrogen) atoms. The number of imide groups is 3. The van der Waals surface area contributed by atoms with Gasteiger partial charge in [0, 0.05) is 25.9 Å². The molecule has 2 aliphatic rings. The Labute approximate surface area is 99.5 Å². The fourth-order valence-corrected chi connectivity index (χ4v) is 2.05. The van der Waals surface area contributed by atoms with Gasteiger partial charge < -0.3 is 4.74 Å². The first-order chi connectivity index (χ1) is 8.18. The van der Waals surface area contributed by atoms with Crippen LogP contribution >= 0.6 is 0 Å². The lowest BCUT2D eigenvalue weighted by Gasteiger charge is -2.29. The molecule has 0 bridgehead atoms. The van der Waals surface area contributed by atoms with Crippen molar-refractivity contribution in [2.75, 3.05) is 32.8 Å². The summed E-state index contributed by atoms with van der Waals surface area (Å²) in [6.07, 6.45) is 1.14. The molecule has 0 unspecified atom stereocenters. The standard InChI is InChI=1S/C11H16N2O4/c14-9-2-1-3-10(15)13(9)11(16)8-12-4-6-17-7-5-12/h1-8H2. The minimum Gasteiger partial charge on any atom is -0.379 e. The minimum absolute atomic E-state index is 0.126. The zero-order valence-electron chi connectivity index (χ0n) is 9.68. The summed E-state index contributed by atoms with van der Waals surface area (Å²) in [5.74, 6) is -1.12. The van der Waals surface area contributed by atoms with Crippen molar-refractivity contribution in [3.63, 3.8) is 0 Å². The van der Waals surface area contributed by atoms with Crippen molar-refractivity contribution in [3.05, 3.63) is 0 Å². The maximum Gasteiger partial charge on any atom is 0.250 e. The minimum atomic E-state index is -0.401. The van der Waals surface area contributed by atoms with Crippen LogP contribution in [0.15, 0.2) is 0 Å². The Morgan fingerprint density at radius 3 is 2.29 bits per heavy atom. The van der Waals surface area contributed by atoms with Crippen LogP contribution in [0.1, 0.15) is 19.3 Å². The van der Waals surface area contributed by atoms with Crippen LogP contribution in [0.5, 0.6) is 0 Å². The van der Waals surface area contributed by atoms with Crippen LogP contribution in [0.25, 0.3) is 0 Å². The van der Waals surface area contributed by atoms with E-state index in [4.69, 9.17) is 4.74 Å². The average Bonchev–Trinajstić information content (AvgIpc) is 2.30. The van der Waals surface area contributed by atoms with Crippen molar-refractivity contribution < 1.29 is 19.1 Å². The number of piperidine rings is 1. The van der Waals surface area contributed by atoms with Gasteiger partial charge in [-0.2, -0.15) is 0 Å². The van der Waals surface area contributed by atoms with Crippen molar-refractivity contribution in [2.24, 2.45) is 0 Å². The zero-order chi connectivity index (χ0) is 12.3. The average molecular weight is 240 g/mol. The van der Waals surface area contributed by atoms with Gasteiger partial charge in [0.1, 0.15) is 0 Å². The van der Waals surface area contributed by atoms with E-state index in [2.05, 4.69) is 0 Å². The lowest BCUT2D eigenvalue weighted by molar-refractivity contribution is -0.157. The fourth-order valence-electron chi connectivity index (χ4n) is 2.05. The lowest BCUT2D eigenvalue weighted by Crippen LogP contribution is -2.50. The highest BCUT2D eigenvalue weighted by Gasteiger charge is 2.32. The molecule has 2 saturated heterocycles. The van der Waals surface area contributed by atoms with E-state index >= 15 is 0 Å². The van der Waals surface area contributed by atoms with E-state index in [-0.39, 0.29) is 18.4 Å². The zero-order valence-corrected chi connectivity index (χ0v) is 9.68. The third kappa shape index (κ3) is 2.89. The number of ether oxygens (including phenoxy) is 1. The smallest absolute Gasteiger partial charge is 0.250 e. The van der Waals surface area contributed by atoms with Gasteiger partial charge in [0.2, 0.25) is 17.7 Å². The van der Waals surface area contributed by atoms with Crippen LogP contribution in [0.4, 0.5) is 0 Å². The molecule has 2 rings (SSSR count). The third-order valence-electron chi connectivity index (χ3n) is 2.99. The Kier molecular flexibility index (Phi) is 3.86. The van der Waals surface area contributed by atoms with Crippen LogP contribution in [0, 0.1) is 0 Å². The predicted octanol–water partition coefficient (Wildman–Crippen LogP) is -0.616. The highest BCUT2D eigenvalue weighted by atomic mass is 16.5. The molecule has 0 atom stereocenters. The van der Waals surface area contributed by atoms with Gasteiger partial charge in [-0.05, 0) is 6.42 Å². The Morgan fingerprint density at radius 2 is 1.71 bits per heavy atom. The molecule has 0 N–H and O–H groups in total. The second kappa shape index (κ2) is 5.37. The number of rotatable bonds is 2. The highest BCUT2D eigenvalue weighted by Crippen LogP contribution is 2.13. The first kappa shape index (κ1) is 12.2. The van der Waals surface area contributed by atoms with Crippen LogP contribution in [0.2, 0.25) is 0 Å². The quantitative estimate of drug-likeness (QED) is 0.602. The number of carbonyl (C=O) groups is 3. The van der Waals surface area contributed by atoms with Gasteiger partial charge in [0.25, 0.3) is 0 Å². The van der Waals surface area contributed by atoms with Crippen LogP contribution in [-0.4, -0.2) is 60.4 Å². The summed E-state index contributed by atoms with van der Waals surface area (Å²) in [6.45, 7) is 2.65. The first-order valence-electron chi connectivity index (χ1n) is 5.87. The summed E-state index contributed by atoms with van der Waals surface area (Å²) in [5.41, 5.74) is 0. The monoisotopic (exact) mass is 240 g/mol. The Bertz CT molecular complexity index is 320. The summed E-state index contributed by atoms with van der Waals surface area (Å²) >= 11 is 0. The summed E-state index contributed by atoms with van der Waals surface area (Å²) < 4.78 is 5.17. The van der Waals surface area contributed by atoms with E-state index in [1.54, 1.807) is 0 Å². The molecule has 94 valence electrons. The van der Waals surface area contributed by atoms with Gasteiger partial charge in [-0.25, -0.2) is 4.90 Å². The van der Waals surface area contributed by atoms with Crippen molar-refractivity contribution in [1.29, 1.82) is 0 Å². The van der Waals surface area contributed by atoms with Gasteiger partial charge in [-0.15, -0.1) is 0 Å². The van der Waals surface area contributed by atoms with Gasteiger partial charge in [0.05, 0.1) is 19.8 Å². The van der Waals surface area contributed by atoms with Gasteiger partial charge in [0.15, 0.2) is 0 Å². The maximum atomic E-state index is 11.9. The number of nitrogens with zero attached hydrogens (tertiary/aromatic N) is 2. The molecular formula is C11H16N2O4. The van der Waals surface area contributed by atoms with Crippen LogP contribution in [0.3, 0.4) is 0 Å². The summed E-state index contributed by atoms with van der Waals surface area (Å²) in [5, 5.41) is 0. The maximum absolute atomic E-state index is 11.9. The number of amides is 3. The predicted molar refractivity (Wildman–Crippen MR) is 58.0 cm³/mol. The molecule has 3 amide bonds. The van der Waals surface area contributed by atoms with Crippen LogP contribution in [-0.2, 0) is 19.1 Å². The molecule has 0 aromatic heterocycles. The van der Waals surface area contributed by atoms with Crippen LogP contribution < -0.4 is 0 Å². The topological polar surface area (TPSA) is 66.9 Å². The van der Waals surface area contributed by atoms with E-state index < -0.39 is 5.91 Å². The van der Waals surface area contributed by atoms with Gasteiger partial charge in [-0.1, -0.05) is 0 Å². The van der Waals surface area contributed by atoms with Gasteiger partial charge >= 0.3 is 0 Å². The Balaban J connectivity index is 1.93. The molecule has 6 heteroatoms.